The highest BCUT2D eigenvalue weighted by atomic mass is 15.1. The molecule has 0 bridgehead atoms. The molecule has 0 aliphatic rings. The number of nitrogens with zero attached hydrogens (tertiary/aromatic N) is 1. The summed E-state index contributed by atoms with van der Waals surface area (Å²) in [7, 11) is 4.11. The highest BCUT2D eigenvalue weighted by Gasteiger charge is 2.20. The van der Waals surface area contributed by atoms with Gasteiger partial charge in [-0.2, -0.15) is 0 Å². The number of rotatable bonds is 3. The first kappa shape index (κ1) is 11.5. The first-order chi connectivity index (χ1) is 5.25. The predicted molar refractivity (Wildman–Crippen MR) is 56.1 cm³/mol. The van der Waals surface area contributed by atoms with Gasteiger partial charge in [-0.15, -0.1) is 0 Å². The minimum Gasteiger partial charge on any atom is -0.381 e. The third-order valence-corrected chi connectivity index (χ3v) is 2.65. The molecule has 0 aromatic heterocycles. The molecule has 0 aliphatic heterocycles. The molecule has 0 aromatic carbocycles. The lowest BCUT2D eigenvalue weighted by Crippen LogP contribution is -2.21. The van der Waals surface area contributed by atoms with Crippen LogP contribution in [0.2, 0.25) is 0 Å². The average molecular weight is 169 g/mol. The summed E-state index contributed by atoms with van der Waals surface area (Å²) in [5.74, 6) is 0.687. The summed E-state index contributed by atoms with van der Waals surface area (Å²) < 4.78 is 0. The molecule has 1 unspecified atom stereocenters. The van der Waals surface area contributed by atoms with Crippen LogP contribution in [0.5, 0.6) is 0 Å². The fourth-order valence-corrected chi connectivity index (χ4v) is 0.842. The lowest BCUT2D eigenvalue weighted by molar-refractivity contribution is 0.246. The normalized spacial score (nSPS) is 14.2. The van der Waals surface area contributed by atoms with Gasteiger partial charge in [-0.05, 0) is 17.8 Å². The molecule has 72 valence electrons. The molecule has 1 heteroatoms. The SMILES string of the molecule is C=C(CC(C)C(C)(C)C)N(C)C. The van der Waals surface area contributed by atoms with Crippen LogP contribution in [0.25, 0.3) is 0 Å². The molecule has 0 saturated carbocycles. The van der Waals surface area contributed by atoms with Gasteiger partial charge in [0.2, 0.25) is 0 Å². The number of hydrogen-bond acceptors (Lipinski definition) is 1. The summed E-state index contributed by atoms with van der Waals surface area (Å²) in [5, 5.41) is 0. The Kier molecular flexibility index (Phi) is 3.82. The van der Waals surface area contributed by atoms with Crippen LogP contribution in [0.3, 0.4) is 0 Å². The molecule has 0 spiro atoms. The number of hydrogen-bond donors (Lipinski definition) is 0. The van der Waals surface area contributed by atoms with Gasteiger partial charge < -0.3 is 4.90 Å². The maximum absolute atomic E-state index is 4.03. The van der Waals surface area contributed by atoms with Crippen LogP contribution in [0.4, 0.5) is 0 Å². The van der Waals surface area contributed by atoms with Crippen molar-refractivity contribution in [1.82, 2.24) is 4.90 Å². The van der Waals surface area contributed by atoms with Crippen molar-refractivity contribution in [3.05, 3.63) is 12.3 Å². The second kappa shape index (κ2) is 3.97. The molecule has 12 heavy (non-hydrogen) atoms. The second-order valence-electron chi connectivity index (χ2n) is 4.93. The predicted octanol–water partition coefficient (Wildman–Crippen LogP) is 3.13. The topological polar surface area (TPSA) is 3.24 Å². The van der Waals surface area contributed by atoms with Gasteiger partial charge >= 0.3 is 0 Å². The Labute approximate surface area is 77.5 Å². The van der Waals surface area contributed by atoms with Gasteiger partial charge in [-0.3, -0.25) is 0 Å². The van der Waals surface area contributed by atoms with E-state index in [1.54, 1.807) is 0 Å². The van der Waals surface area contributed by atoms with Gasteiger partial charge in [0.25, 0.3) is 0 Å². The molecule has 0 fully saturated rings. The van der Waals surface area contributed by atoms with E-state index in [2.05, 4.69) is 53.3 Å². The van der Waals surface area contributed by atoms with Crippen molar-refractivity contribution in [3.8, 4) is 0 Å². The Morgan fingerprint density at radius 3 is 2.00 bits per heavy atom. The first-order valence-electron chi connectivity index (χ1n) is 4.60. The van der Waals surface area contributed by atoms with Crippen LogP contribution in [-0.4, -0.2) is 19.0 Å². The zero-order valence-electron chi connectivity index (χ0n) is 9.44. The highest BCUT2D eigenvalue weighted by molar-refractivity contribution is 4.94. The maximum atomic E-state index is 4.03. The van der Waals surface area contributed by atoms with Gasteiger partial charge in [0, 0.05) is 19.8 Å². The Morgan fingerprint density at radius 1 is 1.33 bits per heavy atom. The summed E-state index contributed by atoms with van der Waals surface area (Å²) in [6.45, 7) is 13.2. The van der Waals surface area contributed by atoms with E-state index >= 15 is 0 Å². The van der Waals surface area contributed by atoms with Gasteiger partial charge in [-0.25, -0.2) is 0 Å². The Morgan fingerprint density at radius 2 is 1.75 bits per heavy atom. The molecule has 0 radical (unpaired) electrons. The fraction of sp³-hybridized carbons (Fsp3) is 0.818. The summed E-state index contributed by atoms with van der Waals surface area (Å²) in [6.07, 6.45) is 1.09. The quantitative estimate of drug-likeness (QED) is 0.627. The molecule has 0 aliphatic carbocycles. The van der Waals surface area contributed by atoms with Crippen LogP contribution in [0.15, 0.2) is 12.3 Å². The summed E-state index contributed by atoms with van der Waals surface area (Å²) in [6, 6.07) is 0. The van der Waals surface area contributed by atoms with Crippen LogP contribution >= 0.6 is 0 Å². The summed E-state index contributed by atoms with van der Waals surface area (Å²) in [5.41, 5.74) is 1.61. The second-order valence-corrected chi connectivity index (χ2v) is 4.93. The smallest absolute Gasteiger partial charge is 0.00579 e. The largest absolute Gasteiger partial charge is 0.381 e. The molecular weight excluding hydrogens is 146 g/mol. The molecule has 0 N–H and O–H groups in total. The van der Waals surface area contributed by atoms with E-state index < -0.39 is 0 Å². The van der Waals surface area contributed by atoms with E-state index in [4.69, 9.17) is 0 Å². The van der Waals surface area contributed by atoms with Crippen molar-refractivity contribution in [2.75, 3.05) is 14.1 Å². The van der Waals surface area contributed by atoms with Gasteiger partial charge in [0.1, 0.15) is 0 Å². The zero-order chi connectivity index (χ0) is 9.94. The third-order valence-electron chi connectivity index (χ3n) is 2.65. The lowest BCUT2D eigenvalue weighted by Gasteiger charge is -2.29. The monoisotopic (exact) mass is 169 g/mol. The zero-order valence-corrected chi connectivity index (χ0v) is 9.44. The minimum atomic E-state index is 0.388. The summed E-state index contributed by atoms with van der Waals surface area (Å²) >= 11 is 0. The molecule has 0 rings (SSSR count). The van der Waals surface area contributed by atoms with Crippen molar-refractivity contribution >= 4 is 0 Å². The first-order valence-corrected chi connectivity index (χ1v) is 4.60. The lowest BCUT2D eigenvalue weighted by atomic mass is 9.79. The minimum absolute atomic E-state index is 0.388. The highest BCUT2D eigenvalue weighted by Crippen LogP contribution is 2.30. The summed E-state index contributed by atoms with van der Waals surface area (Å²) in [4.78, 5) is 2.10. The fourth-order valence-electron chi connectivity index (χ4n) is 0.842. The number of allylic oxidation sites excluding steroid dienone is 1. The molecule has 0 amide bonds. The van der Waals surface area contributed by atoms with E-state index in [0.29, 0.717) is 11.3 Å². The van der Waals surface area contributed by atoms with Crippen molar-refractivity contribution < 1.29 is 0 Å². The van der Waals surface area contributed by atoms with E-state index in [1.807, 2.05) is 0 Å². The van der Waals surface area contributed by atoms with Gasteiger partial charge in [0.05, 0.1) is 0 Å². The van der Waals surface area contributed by atoms with Crippen molar-refractivity contribution in [3.63, 3.8) is 0 Å². The van der Waals surface area contributed by atoms with Crippen molar-refractivity contribution in [2.45, 2.75) is 34.1 Å². The van der Waals surface area contributed by atoms with E-state index in [-0.39, 0.29) is 0 Å². The van der Waals surface area contributed by atoms with Crippen molar-refractivity contribution in [2.24, 2.45) is 11.3 Å². The molecule has 0 saturated heterocycles. The standard InChI is InChI=1S/C11H23N/c1-9(11(3,4)5)8-10(2)12(6)7/h9H,2,8H2,1,3-7H3. The van der Waals surface area contributed by atoms with E-state index in [9.17, 15) is 0 Å². The van der Waals surface area contributed by atoms with Crippen LogP contribution < -0.4 is 0 Å². The van der Waals surface area contributed by atoms with Gasteiger partial charge in [-0.1, -0.05) is 34.3 Å². The molecule has 1 nitrogen and oxygen atoms in total. The van der Waals surface area contributed by atoms with Crippen LogP contribution in [0, 0.1) is 11.3 Å². The van der Waals surface area contributed by atoms with Crippen LogP contribution in [0.1, 0.15) is 34.1 Å². The Hall–Kier alpha value is -0.460. The average Bonchev–Trinajstić information content (AvgIpc) is 1.85. The molecule has 1 atom stereocenters. The van der Waals surface area contributed by atoms with E-state index in [0.717, 1.165) is 6.42 Å². The Balaban J connectivity index is 4.02. The van der Waals surface area contributed by atoms with E-state index in [1.165, 1.54) is 5.70 Å². The van der Waals surface area contributed by atoms with Crippen molar-refractivity contribution in [1.29, 1.82) is 0 Å². The molecule has 0 aromatic rings. The maximum Gasteiger partial charge on any atom is 0.00579 e. The van der Waals surface area contributed by atoms with Crippen LogP contribution in [-0.2, 0) is 0 Å². The third kappa shape index (κ3) is 3.80. The van der Waals surface area contributed by atoms with Gasteiger partial charge in [0.15, 0.2) is 0 Å². The molecular formula is C11H23N. The molecule has 0 heterocycles. The Bertz CT molecular complexity index is 151.